The van der Waals surface area contributed by atoms with Crippen LogP contribution in [0.15, 0.2) is 34.5 Å². The molecule has 3 heterocycles. The van der Waals surface area contributed by atoms with Crippen molar-refractivity contribution in [3.05, 3.63) is 51.7 Å². The summed E-state index contributed by atoms with van der Waals surface area (Å²) in [6, 6.07) is 10.4. The first-order valence-electron chi connectivity index (χ1n) is 12.2. The normalized spacial score (nSPS) is 11.7. The highest BCUT2D eigenvalue weighted by Gasteiger charge is 2.24. The molecule has 15 heteroatoms. The Hall–Kier alpha value is -5.41. The number of carboxylic acid groups (broad SMARTS) is 1. The zero-order valence-corrected chi connectivity index (χ0v) is 22.9. The Morgan fingerprint density at radius 2 is 1.95 bits per heavy atom. The van der Waals surface area contributed by atoms with Gasteiger partial charge in [0.1, 0.15) is 28.5 Å². The van der Waals surface area contributed by atoms with E-state index in [1.165, 1.54) is 17.8 Å². The monoisotopic (exact) mass is 573 g/mol. The number of amides is 1. The second-order valence-electron chi connectivity index (χ2n) is 8.84. The number of benzene rings is 1. The minimum Gasteiger partial charge on any atom is -0.478 e. The van der Waals surface area contributed by atoms with Crippen molar-refractivity contribution in [1.29, 1.82) is 10.5 Å². The van der Waals surface area contributed by atoms with Crippen LogP contribution in [-0.4, -0.2) is 56.4 Å². The van der Waals surface area contributed by atoms with E-state index < -0.39 is 11.9 Å². The molecule has 3 aromatic heterocycles. The number of aromatic amines is 1. The van der Waals surface area contributed by atoms with Crippen molar-refractivity contribution in [3.63, 3.8) is 0 Å². The van der Waals surface area contributed by atoms with Crippen LogP contribution < -0.4 is 5.32 Å². The van der Waals surface area contributed by atoms with Gasteiger partial charge in [0, 0.05) is 24.4 Å². The van der Waals surface area contributed by atoms with Crippen LogP contribution in [0.3, 0.4) is 0 Å². The molecule has 0 bridgehead atoms. The molecular weight excluding hydrogens is 550 g/mol. The molecule has 1 unspecified atom stereocenters. The number of aromatic nitrogens is 4. The Bertz CT molecular complexity index is 1770. The van der Waals surface area contributed by atoms with Gasteiger partial charge in [-0.15, -0.1) is 36.4 Å². The SMILES string of the molecule is COC(=O)CCC(=O)NCC(C)c1nn2nc(-c3ccccc3C(=O)O)c(N=Nc3sc(C#N)c(C)c3C#N)c2[nH]1. The van der Waals surface area contributed by atoms with Gasteiger partial charge in [0.2, 0.25) is 5.91 Å². The number of carbonyl (C=O) groups excluding carboxylic acids is 2. The zero-order chi connectivity index (χ0) is 29.7. The maximum absolute atomic E-state index is 12.1. The van der Waals surface area contributed by atoms with Crippen molar-refractivity contribution in [3.8, 4) is 23.4 Å². The largest absolute Gasteiger partial charge is 0.478 e. The number of ether oxygens (including phenoxy) is 1. The van der Waals surface area contributed by atoms with Gasteiger partial charge in [-0.2, -0.15) is 10.5 Å². The van der Waals surface area contributed by atoms with Gasteiger partial charge in [0.05, 0.1) is 24.7 Å². The topological polar surface area (TPSA) is 211 Å². The number of thiophene rings is 1. The van der Waals surface area contributed by atoms with E-state index in [4.69, 9.17) is 0 Å². The molecule has 3 N–H and O–H groups in total. The first-order valence-corrected chi connectivity index (χ1v) is 13.0. The molecule has 1 atom stereocenters. The lowest BCUT2D eigenvalue weighted by molar-refractivity contribution is -0.142. The quantitative estimate of drug-likeness (QED) is 0.184. The van der Waals surface area contributed by atoms with Gasteiger partial charge >= 0.3 is 11.9 Å². The number of hydrogen-bond donors (Lipinski definition) is 3. The van der Waals surface area contributed by atoms with E-state index in [-0.39, 0.29) is 64.3 Å². The number of nitriles is 2. The lowest BCUT2D eigenvalue weighted by Crippen LogP contribution is -2.28. The maximum atomic E-state index is 12.1. The van der Waals surface area contributed by atoms with Crippen LogP contribution in [0, 0.1) is 29.6 Å². The number of azo groups is 1. The fourth-order valence-corrected chi connectivity index (χ4v) is 4.75. The first-order chi connectivity index (χ1) is 19.7. The number of esters is 1. The molecule has 41 heavy (non-hydrogen) atoms. The number of aromatic carboxylic acids is 1. The highest BCUT2D eigenvalue weighted by Crippen LogP contribution is 2.39. The molecule has 4 aromatic rings. The molecular formula is C26H23N9O5S. The Kier molecular flexibility index (Phi) is 8.50. The average molecular weight is 574 g/mol. The Morgan fingerprint density at radius 3 is 2.63 bits per heavy atom. The van der Waals surface area contributed by atoms with E-state index in [1.807, 2.05) is 19.1 Å². The highest BCUT2D eigenvalue weighted by atomic mass is 32.1. The summed E-state index contributed by atoms with van der Waals surface area (Å²) in [5, 5.41) is 49.2. The van der Waals surface area contributed by atoms with Crippen LogP contribution in [0.4, 0.5) is 10.7 Å². The predicted molar refractivity (Wildman–Crippen MR) is 145 cm³/mol. The molecule has 208 valence electrons. The van der Waals surface area contributed by atoms with Crippen molar-refractivity contribution in [2.24, 2.45) is 10.2 Å². The number of H-pyrrole nitrogens is 1. The molecule has 14 nitrogen and oxygen atoms in total. The predicted octanol–water partition coefficient (Wildman–Crippen LogP) is 4.12. The molecule has 1 amide bonds. The lowest BCUT2D eigenvalue weighted by atomic mass is 10.0. The standard InChI is InChI=1S/C26H23N9O5S/c1-13(12-29-19(36)8-9-20(37)40-3)23-30-24-22(31-32-25-17(10-27)14(2)18(11-28)41-25)21(33-35(24)34-23)15-6-4-5-7-16(15)26(38)39/h4-7,13H,8-9,12H2,1-3H3,(H,29,36)(H,30,34)(H,38,39). The molecule has 0 aliphatic rings. The molecule has 0 fully saturated rings. The van der Waals surface area contributed by atoms with Crippen molar-refractivity contribution in [2.75, 3.05) is 13.7 Å². The molecule has 4 rings (SSSR count). The average Bonchev–Trinajstić information content (AvgIpc) is 3.63. The van der Waals surface area contributed by atoms with E-state index >= 15 is 0 Å². The summed E-state index contributed by atoms with van der Waals surface area (Å²) >= 11 is 1.01. The van der Waals surface area contributed by atoms with E-state index in [2.05, 4.69) is 35.5 Å². The summed E-state index contributed by atoms with van der Waals surface area (Å²) in [7, 11) is 1.25. The van der Waals surface area contributed by atoms with Crippen LogP contribution in [0.1, 0.15) is 57.9 Å². The third-order valence-corrected chi connectivity index (χ3v) is 7.22. The number of rotatable bonds is 10. The Balaban J connectivity index is 1.72. The summed E-state index contributed by atoms with van der Waals surface area (Å²) in [5.41, 5.74) is 1.64. The van der Waals surface area contributed by atoms with Gasteiger partial charge in [-0.25, -0.2) is 4.79 Å². The molecule has 0 radical (unpaired) electrons. The maximum Gasteiger partial charge on any atom is 0.336 e. The Labute approximate surface area is 236 Å². The van der Waals surface area contributed by atoms with Crippen LogP contribution >= 0.6 is 11.3 Å². The van der Waals surface area contributed by atoms with Crippen LogP contribution in [0.2, 0.25) is 0 Å². The van der Waals surface area contributed by atoms with Gasteiger partial charge < -0.3 is 20.1 Å². The third kappa shape index (κ3) is 5.95. The van der Waals surface area contributed by atoms with E-state index in [0.717, 1.165) is 11.3 Å². The molecule has 0 saturated carbocycles. The van der Waals surface area contributed by atoms with Gasteiger partial charge in [-0.05, 0) is 18.6 Å². The van der Waals surface area contributed by atoms with E-state index in [1.54, 1.807) is 25.1 Å². The third-order valence-electron chi connectivity index (χ3n) is 6.14. The number of methoxy groups -OCH3 is 1. The van der Waals surface area contributed by atoms with Gasteiger partial charge in [-0.3, -0.25) is 9.59 Å². The summed E-state index contributed by atoms with van der Waals surface area (Å²) in [6.45, 7) is 3.67. The van der Waals surface area contributed by atoms with E-state index in [0.29, 0.717) is 21.9 Å². The van der Waals surface area contributed by atoms with Crippen molar-refractivity contribution < 1.29 is 24.2 Å². The summed E-state index contributed by atoms with van der Waals surface area (Å²) in [6.07, 6.45) is -0.0501. The smallest absolute Gasteiger partial charge is 0.336 e. The van der Waals surface area contributed by atoms with Crippen LogP contribution in [0.25, 0.3) is 16.9 Å². The van der Waals surface area contributed by atoms with Gasteiger partial charge in [0.15, 0.2) is 16.3 Å². The summed E-state index contributed by atoms with van der Waals surface area (Å²) < 4.78 is 5.81. The van der Waals surface area contributed by atoms with Crippen LogP contribution in [-0.2, 0) is 14.3 Å². The molecule has 1 aromatic carbocycles. The minimum absolute atomic E-state index is 0.00981. The van der Waals surface area contributed by atoms with Crippen molar-refractivity contribution in [1.82, 2.24) is 25.1 Å². The van der Waals surface area contributed by atoms with Gasteiger partial charge in [-0.1, -0.05) is 25.1 Å². The van der Waals surface area contributed by atoms with Crippen LogP contribution in [0.5, 0.6) is 0 Å². The van der Waals surface area contributed by atoms with E-state index in [9.17, 15) is 30.0 Å². The fraction of sp³-hybridized carbons (Fsp3) is 0.269. The second-order valence-corrected chi connectivity index (χ2v) is 9.84. The number of fused-ring (bicyclic) bond motifs is 1. The van der Waals surface area contributed by atoms with Crippen molar-refractivity contribution >= 4 is 45.5 Å². The summed E-state index contributed by atoms with van der Waals surface area (Å²) in [4.78, 5) is 38.8. The number of nitrogens with one attached hydrogen (secondary N) is 2. The Morgan fingerprint density at radius 1 is 1.20 bits per heavy atom. The first kappa shape index (κ1) is 28.6. The fourth-order valence-electron chi connectivity index (χ4n) is 3.87. The van der Waals surface area contributed by atoms with Crippen molar-refractivity contribution in [2.45, 2.75) is 32.6 Å². The molecule has 0 aliphatic heterocycles. The molecule has 0 aliphatic carbocycles. The number of nitrogens with zero attached hydrogens (tertiary/aromatic N) is 7. The molecule has 0 saturated heterocycles. The number of carboxylic acids is 1. The van der Waals surface area contributed by atoms with Gasteiger partial charge in [0.25, 0.3) is 0 Å². The number of carbonyl (C=O) groups is 3. The zero-order valence-electron chi connectivity index (χ0n) is 22.1. The minimum atomic E-state index is -1.16. The highest BCUT2D eigenvalue weighted by molar-refractivity contribution is 7.16. The second kappa shape index (κ2) is 12.2. The lowest BCUT2D eigenvalue weighted by Gasteiger charge is -2.09. The molecule has 0 spiro atoms. The summed E-state index contributed by atoms with van der Waals surface area (Å²) in [5.74, 6) is -1.82. The number of hydrogen-bond acceptors (Lipinski definition) is 11.